The first-order chi connectivity index (χ1) is 5.95. The molecule has 3 atom stereocenters. The molecule has 0 saturated heterocycles. The van der Waals surface area contributed by atoms with Crippen LogP contribution in [0.15, 0.2) is 11.6 Å². The summed E-state index contributed by atoms with van der Waals surface area (Å²) in [5.74, 6) is 2.64. The molecule has 0 bridgehead atoms. The predicted molar refractivity (Wildman–Crippen MR) is 51.5 cm³/mol. The summed E-state index contributed by atoms with van der Waals surface area (Å²) in [7, 11) is 0. The van der Waals surface area contributed by atoms with Crippen LogP contribution in [-0.2, 0) is 0 Å². The van der Waals surface area contributed by atoms with Gasteiger partial charge in [-0.05, 0) is 25.0 Å². The number of aliphatic hydroxyl groups is 1. The van der Waals surface area contributed by atoms with Gasteiger partial charge in [-0.25, -0.2) is 0 Å². The Labute approximate surface area is 78.2 Å². The molecule has 1 fully saturated rings. The Bertz CT molecular complexity index is 363. The van der Waals surface area contributed by atoms with E-state index in [0.717, 1.165) is 12.0 Å². The van der Waals surface area contributed by atoms with E-state index in [1.807, 2.05) is 6.92 Å². The second kappa shape index (κ2) is 2.05. The lowest BCUT2D eigenvalue weighted by atomic mass is 9.74. The SMILES string of the molecule is C#CC1(O)C(C)=CC(=N)C2CC21C. The zero-order chi connectivity index (χ0) is 9.85. The Hall–Kier alpha value is -1.07. The van der Waals surface area contributed by atoms with Crippen LogP contribution in [0.25, 0.3) is 0 Å². The summed E-state index contributed by atoms with van der Waals surface area (Å²) in [5, 5.41) is 17.9. The fraction of sp³-hybridized carbons (Fsp3) is 0.545. The van der Waals surface area contributed by atoms with Crippen LogP contribution in [0.5, 0.6) is 0 Å². The summed E-state index contributed by atoms with van der Waals surface area (Å²) in [6.45, 7) is 3.76. The molecule has 0 aromatic carbocycles. The quantitative estimate of drug-likeness (QED) is 0.536. The van der Waals surface area contributed by atoms with Gasteiger partial charge in [0.05, 0.1) is 0 Å². The summed E-state index contributed by atoms with van der Waals surface area (Å²) >= 11 is 0. The molecule has 0 aliphatic heterocycles. The van der Waals surface area contributed by atoms with Crippen LogP contribution < -0.4 is 0 Å². The number of terminal acetylenes is 1. The number of rotatable bonds is 0. The van der Waals surface area contributed by atoms with Gasteiger partial charge in [0.25, 0.3) is 0 Å². The summed E-state index contributed by atoms with van der Waals surface area (Å²) in [4.78, 5) is 0. The maximum atomic E-state index is 10.2. The van der Waals surface area contributed by atoms with E-state index in [1.54, 1.807) is 13.0 Å². The number of hydrogen-bond donors (Lipinski definition) is 2. The molecule has 2 heteroatoms. The van der Waals surface area contributed by atoms with Crippen molar-refractivity contribution in [1.82, 2.24) is 0 Å². The fourth-order valence-corrected chi connectivity index (χ4v) is 2.39. The van der Waals surface area contributed by atoms with E-state index in [1.165, 1.54) is 0 Å². The second-order valence-corrected chi connectivity index (χ2v) is 4.31. The van der Waals surface area contributed by atoms with Crippen LogP contribution in [0.2, 0.25) is 0 Å². The summed E-state index contributed by atoms with van der Waals surface area (Å²) in [6, 6.07) is 0. The summed E-state index contributed by atoms with van der Waals surface area (Å²) in [6.07, 6.45) is 7.91. The molecular weight excluding hydrogens is 162 g/mol. The Morgan fingerprint density at radius 2 is 2.38 bits per heavy atom. The number of nitrogens with one attached hydrogen (secondary N) is 1. The molecule has 0 aromatic rings. The molecule has 2 rings (SSSR count). The van der Waals surface area contributed by atoms with E-state index in [-0.39, 0.29) is 11.3 Å². The minimum Gasteiger partial charge on any atom is -0.373 e. The van der Waals surface area contributed by atoms with Crippen molar-refractivity contribution >= 4 is 5.71 Å². The zero-order valence-electron chi connectivity index (χ0n) is 7.89. The van der Waals surface area contributed by atoms with Crippen LogP contribution in [0.3, 0.4) is 0 Å². The van der Waals surface area contributed by atoms with Gasteiger partial charge in [0.15, 0.2) is 5.60 Å². The fourth-order valence-electron chi connectivity index (χ4n) is 2.39. The van der Waals surface area contributed by atoms with E-state index >= 15 is 0 Å². The molecule has 2 nitrogen and oxygen atoms in total. The minimum absolute atomic E-state index is 0.164. The molecule has 2 aliphatic carbocycles. The minimum atomic E-state index is -1.12. The highest BCUT2D eigenvalue weighted by Crippen LogP contribution is 2.63. The van der Waals surface area contributed by atoms with Crippen LogP contribution in [0, 0.1) is 29.1 Å². The van der Waals surface area contributed by atoms with Crippen molar-refractivity contribution in [3.8, 4) is 12.3 Å². The van der Waals surface area contributed by atoms with Gasteiger partial charge >= 0.3 is 0 Å². The standard InChI is InChI=1S/C11H13NO/c1-4-11(13)7(2)5-9(12)8-6-10(8,11)3/h1,5,8,12-13H,6H2,2-3H3. The van der Waals surface area contributed by atoms with E-state index in [9.17, 15) is 5.11 Å². The number of hydrogen-bond acceptors (Lipinski definition) is 2. The summed E-state index contributed by atoms with van der Waals surface area (Å²) < 4.78 is 0. The van der Waals surface area contributed by atoms with Crippen molar-refractivity contribution in [3.63, 3.8) is 0 Å². The average molecular weight is 175 g/mol. The molecule has 68 valence electrons. The largest absolute Gasteiger partial charge is 0.373 e. The van der Waals surface area contributed by atoms with Crippen molar-refractivity contribution in [3.05, 3.63) is 11.6 Å². The first-order valence-electron chi connectivity index (χ1n) is 4.43. The molecule has 0 amide bonds. The highest BCUT2D eigenvalue weighted by molar-refractivity contribution is 6.00. The topological polar surface area (TPSA) is 44.1 Å². The van der Waals surface area contributed by atoms with Crippen molar-refractivity contribution in [2.45, 2.75) is 25.9 Å². The maximum Gasteiger partial charge on any atom is 0.152 e. The maximum absolute atomic E-state index is 10.2. The Kier molecular flexibility index (Phi) is 1.34. The molecule has 0 aromatic heterocycles. The highest BCUT2D eigenvalue weighted by atomic mass is 16.3. The second-order valence-electron chi connectivity index (χ2n) is 4.31. The lowest BCUT2D eigenvalue weighted by Crippen LogP contribution is -2.42. The number of fused-ring (bicyclic) bond motifs is 1. The van der Waals surface area contributed by atoms with Gasteiger partial charge in [-0.3, -0.25) is 0 Å². The predicted octanol–water partition coefficient (Wildman–Crippen LogP) is 1.36. The van der Waals surface area contributed by atoms with Crippen LogP contribution in [0.1, 0.15) is 20.3 Å². The van der Waals surface area contributed by atoms with Crippen molar-refractivity contribution < 1.29 is 5.11 Å². The Morgan fingerprint density at radius 1 is 1.77 bits per heavy atom. The molecule has 0 heterocycles. The van der Waals surface area contributed by atoms with Gasteiger partial charge in [-0.1, -0.05) is 12.8 Å². The number of allylic oxidation sites excluding steroid dienone is 1. The third-order valence-corrected chi connectivity index (χ3v) is 3.59. The van der Waals surface area contributed by atoms with Crippen molar-refractivity contribution in [2.75, 3.05) is 0 Å². The van der Waals surface area contributed by atoms with E-state index in [2.05, 4.69) is 5.92 Å². The first kappa shape index (κ1) is 8.52. The normalized spacial score (nSPS) is 47.7. The monoisotopic (exact) mass is 175 g/mol. The van der Waals surface area contributed by atoms with Crippen LogP contribution in [0.4, 0.5) is 0 Å². The molecule has 3 unspecified atom stereocenters. The molecular formula is C11H13NO. The smallest absolute Gasteiger partial charge is 0.152 e. The van der Waals surface area contributed by atoms with Gasteiger partial charge in [-0.15, -0.1) is 6.42 Å². The van der Waals surface area contributed by atoms with Crippen molar-refractivity contribution in [1.29, 1.82) is 5.41 Å². The lowest BCUT2D eigenvalue weighted by Gasteiger charge is -2.34. The molecule has 1 saturated carbocycles. The van der Waals surface area contributed by atoms with Crippen LogP contribution >= 0.6 is 0 Å². The first-order valence-corrected chi connectivity index (χ1v) is 4.43. The third kappa shape index (κ3) is 0.757. The molecule has 0 radical (unpaired) electrons. The lowest BCUT2D eigenvalue weighted by molar-refractivity contribution is 0.0612. The third-order valence-electron chi connectivity index (χ3n) is 3.59. The van der Waals surface area contributed by atoms with Gasteiger partial charge in [-0.2, -0.15) is 0 Å². The molecule has 2 aliphatic rings. The zero-order valence-corrected chi connectivity index (χ0v) is 7.89. The molecule has 13 heavy (non-hydrogen) atoms. The van der Waals surface area contributed by atoms with Gasteiger partial charge in [0.1, 0.15) is 0 Å². The summed E-state index contributed by atoms with van der Waals surface area (Å²) in [5.41, 5.74) is -0.0592. The molecule has 0 spiro atoms. The molecule has 2 N–H and O–H groups in total. The van der Waals surface area contributed by atoms with Gasteiger partial charge < -0.3 is 10.5 Å². The Balaban J connectivity index is 2.56. The Morgan fingerprint density at radius 3 is 2.92 bits per heavy atom. The van der Waals surface area contributed by atoms with Crippen LogP contribution in [-0.4, -0.2) is 16.4 Å². The van der Waals surface area contributed by atoms with E-state index in [0.29, 0.717) is 5.71 Å². The van der Waals surface area contributed by atoms with Gasteiger partial charge in [0.2, 0.25) is 0 Å². The van der Waals surface area contributed by atoms with E-state index in [4.69, 9.17) is 11.8 Å². The van der Waals surface area contributed by atoms with Gasteiger partial charge in [0, 0.05) is 17.0 Å². The van der Waals surface area contributed by atoms with Crippen molar-refractivity contribution in [2.24, 2.45) is 11.3 Å². The average Bonchev–Trinajstić information content (AvgIpc) is 2.76. The van der Waals surface area contributed by atoms with E-state index < -0.39 is 5.60 Å². The highest BCUT2D eigenvalue weighted by Gasteiger charge is 2.66.